The van der Waals surface area contributed by atoms with Gasteiger partial charge in [0, 0.05) is 18.4 Å². The number of phenols is 2. The molecule has 0 aliphatic carbocycles. The molecule has 1 heterocycles. The molecule has 24 heavy (non-hydrogen) atoms. The van der Waals surface area contributed by atoms with Gasteiger partial charge in [0.2, 0.25) is 0 Å². The van der Waals surface area contributed by atoms with Crippen LogP contribution < -0.4 is 14.4 Å². The molecule has 1 aliphatic rings. The zero-order chi connectivity index (χ0) is 17.3. The molecule has 0 saturated carbocycles. The lowest BCUT2D eigenvalue weighted by atomic mass is 9.88. The summed E-state index contributed by atoms with van der Waals surface area (Å²) in [5.74, 6) is 1.33. The molecular formula is C19H24NO4+. The Hall–Kier alpha value is -2.40. The van der Waals surface area contributed by atoms with Gasteiger partial charge in [0.05, 0.1) is 27.8 Å². The predicted molar refractivity (Wildman–Crippen MR) is 91.2 cm³/mol. The summed E-state index contributed by atoms with van der Waals surface area (Å²) in [6.45, 7) is 1.02. The Kier molecular flexibility index (Phi) is 4.53. The number of fused-ring (bicyclic) bond motifs is 1. The van der Waals surface area contributed by atoms with E-state index < -0.39 is 0 Å². The number of phenolic OH excluding ortho intramolecular Hbond substituents is 2. The number of benzene rings is 2. The molecule has 128 valence electrons. The number of hydrogen-bond acceptors (Lipinski definition) is 4. The van der Waals surface area contributed by atoms with E-state index in [0.717, 1.165) is 30.5 Å². The summed E-state index contributed by atoms with van der Waals surface area (Å²) in [7, 11) is 5.28. The van der Waals surface area contributed by atoms with E-state index in [-0.39, 0.29) is 17.5 Å². The van der Waals surface area contributed by atoms with Gasteiger partial charge in [-0.1, -0.05) is 6.07 Å². The van der Waals surface area contributed by atoms with E-state index in [1.807, 2.05) is 18.2 Å². The fraction of sp³-hybridized carbons (Fsp3) is 0.368. The molecule has 5 heteroatoms. The van der Waals surface area contributed by atoms with E-state index in [1.54, 1.807) is 26.4 Å². The van der Waals surface area contributed by atoms with Crippen molar-refractivity contribution in [3.63, 3.8) is 0 Å². The van der Waals surface area contributed by atoms with E-state index in [0.29, 0.717) is 11.5 Å². The second-order valence-corrected chi connectivity index (χ2v) is 6.33. The Morgan fingerprint density at radius 1 is 1.04 bits per heavy atom. The SMILES string of the molecule is COc1ccc(CC2c3cc(O)c(OC)cc3CC[NH+]2C)cc1O. The summed E-state index contributed by atoms with van der Waals surface area (Å²) in [6, 6.07) is 9.50. The number of likely N-dealkylation sites (N-methyl/N-ethyl adjacent to an activating group) is 1. The van der Waals surface area contributed by atoms with Crippen molar-refractivity contribution in [3.05, 3.63) is 47.0 Å². The molecule has 0 saturated heterocycles. The van der Waals surface area contributed by atoms with E-state index in [2.05, 4.69) is 7.05 Å². The van der Waals surface area contributed by atoms with Crippen LogP contribution in [0.4, 0.5) is 0 Å². The third-order valence-electron chi connectivity index (χ3n) is 4.88. The zero-order valence-corrected chi connectivity index (χ0v) is 14.3. The zero-order valence-electron chi connectivity index (χ0n) is 14.3. The Bertz CT molecular complexity index is 744. The fourth-order valence-electron chi connectivity index (χ4n) is 3.48. The molecule has 0 bridgehead atoms. The third-order valence-corrected chi connectivity index (χ3v) is 4.88. The highest BCUT2D eigenvalue weighted by Crippen LogP contribution is 2.35. The van der Waals surface area contributed by atoms with Crippen molar-refractivity contribution in [2.24, 2.45) is 0 Å². The average molecular weight is 330 g/mol. The number of ether oxygens (including phenoxy) is 2. The predicted octanol–water partition coefficient (Wildman–Crippen LogP) is 1.47. The molecule has 3 N–H and O–H groups in total. The van der Waals surface area contributed by atoms with Crippen LogP contribution in [0, 0.1) is 0 Å². The highest BCUT2D eigenvalue weighted by molar-refractivity contribution is 5.48. The lowest BCUT2D eigenvalue weighted by Crippen LogP contribution is -3.10. The summed E-state index contributed by atoms with van der Waals surface area (Å²) in [4.78, 5) is 1.39. The van der Waals surface area contributed by atoms with Gasteiger partial charge in [0.15, 0.2) is 23.0 Å². The number of rotatable bonds is 4. The van der Waals surface area contributed by atoms with Gasteiger partial charge in [0.1, 0.15) is 6.04 Å². The maximum Gasteiger partial charge on any atom is 0.160 e. The van der Waals surface area contributed by atoms with Crippen LogP contribution in [0.5, 0.6) is 23.0 Å². The molecule has 3 rings (SSSR count). The van der Waals surface area contributed by atoms with Crippen LogP contribution in [-0.4, -0.2) is 38.0 Å². The van der Waals surface area contributed by atoms with Crippen molar-refractivity contribution < 1.29 is 24.6 Å². The molecule has 0 spiro atoms. The van der Waals surface area contributed by atoms with Gasteiger partial charge >= 0.3 is 0 Å². The molecule has 0 radical (unpaired) electrons. The lowest BCUT2D eigenvalue weighted by Gasteiger charge is -2.32. The van der Waals surface area contributed by atoms with Gasteiger partial charge in [-0.2, -0.15) is 0 Å². The minimum atomic E-state index is 0.154. The lowest BCUT2D eigenvalue weighted by molar-refractivity contribution is -0.914. The second-order valence-electron chi connectivity index (χ2n) is 6.33. The minimum absolute atomic E-state index is 0.154. The summed E-state index contributed by atoms with van der Waals surface area (Å²) in [5, 5.41) is 20.2. The Balaban J connectivity index is 1.94. The highest BCUT2D eigenvalue weighted by Gasteiger charge is 2.30. The standard InChI is InChI=1S/C19H23NO4/c1-20-7-6-13-10-19(24-3)17(22)11-14(13)15(20)8-12-4-5-18(23-2)16(21)9-12/h4-5,9-11,15,21-22H,6-8H2,1-3H3/p+1. The maximum atomic E-state index is 10.2. The Labute approximate surface area is 142 Å². The monoisotopic (exact) mass is 330 g/mol. The van der Waals surface area contributed by atoms with Gasteiger partial charge in [-0.25, -0.2) is 0 Å². The van der Waals surface area contributed by atoms with Gasteiger partial charge in [0.25, 0.3) is 0 Å². The average Bonchev–Trinajstić information content (AvgIpc) is 2.57. The maximum absolute atomic E-state index is 10.2. The van der Waals surface area contributed by atoms with E-state index in [9.17, 15) is 10.2 Å². The molecule has 2 aromatic rings. The smallest absolute Gasteiger partial charge is 0.160 e. The molecule has 2 atom stereocenters. The molecule has 0 aromatic heterocycles. The topological polar surface area (TPSA) is 63.4 Å². The molecule has 1 aliphatic heterocycles. The normalized spacial score (nSPS) is 19.6. The van der Waals surface area contributed by atoms with Crippen molar-refractivity contribution in [2.75, 3.05) is 27.8 Å². The number of aromatic hydroxyl groups is 2. The first-order valence-electron chi connectivity index (χ1n) is 8.11. The van der Waals surface area contributed by atoms with E-state index >= 15 is 0 Å². The van der Waals surface area contributed by atoms with Crippen LogP contribution in [0.1, 0.15) is 22.7 Å². The Morgan fingerprint density at radius 3 is 2.42 bits per heavy atom. The molecule has 2 aromatic carbocycles. The van der Waals surface area contributed by atoms with Crippen LogP contribution in [-0.2, 0) is 12.8 Å². The van der Waals surface area contributed by atoms with Crippen molar-refractivity contribution in [1.29, 1.82) is 0 Å². The molecular weight excluding hydrogens is 306 g/mol. The number of hydrogen-bond donors (Lipinski definition) is 3. The number of methoxy groups -OCH3 is 2. The first-order valence-corrected chi connectivity index (χ1v) is 8.11. The first kappa shape index (κ1) is 16.5. The van der Waals surface area contributed by atoms with Gasteiger partial charge < -0.3 is 24.6 Å². The molecule has 0 amide bonds. The van der Waals surface area contributed by atoms with Gasteiger partial charge in [-0.05, 0) is 35.4 Å². The van der Waals surface area contributed by atoms with Crippen molar-refractivity contribution in [1.82, 2.24) is 0 Å². The molecule has 2 unspecified atom stereocenters. The fourth-order valence-corrected chi connectivity index (χ4v) is 3.48. The second kappa shape index (κ2) is 6.61. The largest absolute Gasteiger partial charge is 0.504 e. The first-order chi connectivity index (χ1) is 11.5. The molecule has 0 fully saturated rings. The van der Waals surface area contributed by atoms with E-state index in [4.69, 9.17) is 9.47 Å². The van der Waals surface area contributed by atoms with Gasteiger partial charge in [-0.15, -0.1) is 0 Å². The molecule has 5 nitrogen and oxygen atoms in total. The van der Waals surface area contributed by atoms with Crippen LogP contribution >= 0.6 is 0 Å². The summed E-state index contributed by atoms with van der Waals surface area (Å²) < 4.78 is 10.3. The summed E-state index contributed by atoms with van der Waals surface area (Å²) in [5.41, 5.74) is 3.41. The Morgan fingerprint density at radius 2 is 1.75 bits per heavy atom. The summed E-state index contributed by atoms with van der Waals surface area (Å²) in [6.07, 6.45) is 1.74. The van der Waals surface area contributed by atoms with Crippen molar-refractivity contribution in [2.45, 2.75) is 18.9 Å². The van der Waals surface area contributed by atoms with Crippen LogP contribution in [0.3, 0.4) is 0 Å². The number of nitrogens with one attached hydrogen (secondary N) is 1. The number of quaternary nitrogens is 1. The van der Waals surface area contributed by atoms with Crippen LogP contribution in [0.25, 0.3) is 0 Å². The summed E-state index contributed by atoms with van der Waals surface area (Å²) >= 11 is 0. The quantitative estimate of drug-likeness (QED) is 0.794. The minimum Gasteiger partial charge on any atom is -0.504 e. The van der Waals surface area contributed by atoms with Crippen LogP contribution in [0.2, 0.25) is 0 Å². The van der Waals surface area contributed by atoms with Gasteiger partial charge in [-0.3, -0.25) is 0 Å². The van der Waals surface area contributed by atoms with Crippen molar-refractivity contribution in [3.8, 4) is 23.0 Å². The third kappa shape index (κ3) is 2.99. The van der Waals surface area contributed by atoms with Crippen LogP contribution in [0.15, 0.2) is 30.3 Å². The van der Waals surface area contributed by atoms with E-state index in [1.165, 1.54) is 10.5 Å². The highest BCUT2D eigenvalue weighted by atomic mass is 16.5. The van der Waals surface area contributed by atoms with Crippen molar-refractivity contribution >= 4 is 0 Å².